The van der Waals surface area contributed by atoms with Gasteiger partial charge in [-0.05, 0) is 20.8 Å². The minimum absolute atomic E-state index is 0.209. The van der Waals surface area contributed by atoms with Gasteiger partial charge in [-0.25, -0.2) is 28.8 Å². The van der Waals surface area contributed by atoms with Gasteiger partial charge in [-0.1, -0.05) is 0 Å². The lowest BCUT2D eigenvalue weighted by Gasteiger charge is -2.29. The largest absolute Gasteiger partial charge is 0.481 e. The Bertz CT molecular complexity index is 2560. The Morgan fingerprint density at radius 1 is 0.598 bits per heavy atom. The van der Waals surface area contributed by atoms with Crippen LogP contribution in [0.25, 0.3) is 0 Å². The van der Waals surface area contributed by atoms with E-state index in [0.29, 0.717) is 34.5 Å². The number of aldehydes is 1. The Kier molecular flexibility index (Phi) is 40.0. The molecular weight excluding hydrogens is 1190 g/mol. The molecule has 87 heavy (non-hydrogen) atoms. The molecule has 43 heteroatoms. The molecule has 5 aliphatic heterocycles. The van der Waals surface area contributed by atoms with Gasteiger partial charge in [0.1, 0.15) is 43.0 Å². The highest BCUT2D eigenvalue weighted by Crippen LogP contribution is 2.16. The van der Waals surface area contributed by atoms with Crippen molar-refractivity contribution in [1.29, 1.82) is 0 Å². The summed E-state index contributed by atoms with van der Waals surface area (Å²) in [6.45, 7) is 10.5. The molecule has 0 aliphatic carbocycles. The summed E-state index contributed by atoms with van der Waals surface area (Å²) in [4.78, 5) is 235. The van der Waals surface area contributed by atoms with Gasteiger partial charge in [0.05, 0.1) is 0 Å². The lowest BCUT2D eigenvalue weighted by Crippen LogP contribution is -2.62. The van der Waals surface area contributed by atoms with Crippen LogP contribution in [0.4, 0.5) is 28.8 Å². The van der Waals surface area contributed by atoms with Crippen LogP contribution in [0.3, 0.4) is 0 Å². The molecule has 0 spiro atoms. The van der Waals surface area contributed by atoms with Crippen LogP contribution < -0.4 is 48.7 Å². The quantitative estimate of drug-likeness (QED) is 0.0284. The molecule has 5 saturated heterocycles. The number of carbonyl (C=O) groups is 22. The van der Waals surface area contributed by atoms with Crippen LogP contribution in [-0.4, -0.2) is 245 Å². The summed E-state index contributed by atoms with van der Waals surface area (Å²) in [5.74, 6) is -17.5. The average molecular weight is 1260 g/mol. The summed E-state index contributed by atoms with van der Waals surface area (Å²) in [6, 6.07) is -7.42. The maximum atomic E-state index is 11.7. The molecule has 486 valence electrons. The van der Waals surface area contributed by atoms with E-state index >= 15 is 0 Å². The summed E-state index contributed by atoms with van der Waals surface area (Å²) >= 11 is 0. The lowest BCUT2D eigenvalue weighted by molar-refractivity contribution is -0.282. The molecule has 5 rings (SSSR count). The number of primary amides is 1. The zero-order valence-electron chi connectivity index (χ0n) is 47.9. The number of carbonyl (C=O) groups excluding carboxylic acids is 18. The Morgan fingerprint density at radius 2 is 0.977 bits per heavy atom. The minimum atomic E-state index is -1.66. The smallest absolute Gasteiger partial charge is 0.330 e. The Hall–Kier alpha value is -10.8. The van der Waals surface area contributed by atoms with E-state index in [4.69, 9.17) is 45.2 Å². The first-order chi connectivity index (χ1) is 40.1. The van der Waals surface area contributed by atoms with Gasteiger partial charge in [0.2, 0.25) is 47.3 Å². The molecular formula is C44H65N13O30. The number of rotatable bonds is 12. The Labute approximate surface area is 489 Å². The maximum absolute atomic E-state index is 11.7. The molecule has 0 aromatic rings. The van der Waals surface area contributed by atoms with Crippen molar-refractivity contribution in [2.24, 2.45) is 29.2 Å². The molecule has 0 bridgehead atoms. The Balaban J connectivity index is -0.000000459. The van der Waals surface area contributed by atoms with E-state index < -0.39 is 168 Å². The Morgan fingerprint density at radius 3 is 1.29 bits per heavy atom. The van der Waals surface area contributed by atoms with E-state index in [2.05, 4.69) is 21.1 Å². The number of urea groups is 6. The number of esters is 2. The highest BCUT2D eigenvalue weighted by Gasteiger charge is 2.49. The SMILES string of the molecule is CC(=O)O.CC(=O)OC(C)=O.CCOC(OCC)OCC.CN1C(=O)CC(=O)NC1=O.CN1C(=O)NC(=O)C(C(N)C(=O)O)C1=O.CN1C(=O)NC(=O)C(C2NC(=O)NC2=O)C1=O.CN1C(=O)NC(=O)C(C=O)C1=O.CNC(N)=O.O=C(O)CC(=O)O. The molecule has 5 aliphatic rings. The van der Waals surface area contributed by atoms with Crippen LogP contribution in [0, 0.1) is 17.8 Å². The van der Waals surface area contributed by atoms with Crippen molar-refractivity contribution in [3.8, 4) is 0 Å². The normalized spacial score (nSPS) is 18.4. The van der Waals surface area contributed by atoms with Crippen LogP contribution in [-0.2, 0) is 95.7 Å². The van der Waals surface area contributed by atoms with Crippen LogP contribution in [0.1, 0.15) is 54.4 Å². The fourth-order valence-electron chi connectivity index (χ4n) is 5.10. The number of barbiturate groups is 4. The van der Waals surface area contributed by atoms with Crippen LogP contribution in [0.2, 0.25) is 0 Å². The molecule has 0 radical (unpaired) electrons. The number of nitrogens with zero attached hydrogens (tertiary/aromatic N) is 4. The van der Waals surface area contributed by atoms with Gasteiger partial charge in [-0.3, -0.25) is 118 Å². The van der Waals surface area contributed by atoms with Crippen molar-refractivity contribution >= 4 is 131 Å². The van der Waals surface area contributed by atoms with Crippen molar-refractivity contribution in [2.45, 2.75) is 72.9 Å². The highest BCUT2D eigenvalue weighted by molar-refractivity contribution is 6.23. The second kappa shape index (κ2) is 42.1. The molecule has 5 atom stereocenters. The van der Waals surface area contributed by atoms with Crippen molar-refractivity contribution in [2.75, 3.05) is 55.1 Å². The summed E-state index contributed by atoms with van der Waals surface area (Å²) in [5.41, 5.74) is 9.70. The summed E-state index contributed by atoms with van der Waals surface area (Å²) in [6.07, 6.45) is -0.831. The van der Waals surface area contributed by atoms with Gasteiger partial charge < -0.3 is 66.3 Å². The number of aliphatic carboxylic acids is 4. The first-order valence-electron chi connectivity index (χ1n) is 23.7. The molecule has 0 aromatic heterocycles. The van der Waals surface area contributed by atoms with E-state index in [1.807, 2.05) is 47.4 Å². The van der Waals surface area contributed by atoms with E-state index in [-0.39, 0.29) is 12.7 Å². The van der Waals surface area contributed by atoms with Crippen molar-refractivity contribution < 1.29 is 145 Å². The number of hydrogen-bond donors (Lipinski definition) is 13. The fraction of sp³-hybridized carbons (Fsp3) is 0.500. The van der Waals surface area contributed by atoms with Gasteiger partial charge >= 0.3 is 66.0 Å². The number of carboxylic acids is 4. The van der Waals surface area contributed by atoms with Crippen LogP contribution >= 0.6 is 0 Å². The van der Waals surface area contributed by atoms with Crippen LogP contribution in [0.5, 0.6) is 0 Å². The molecule has 5 unspecified atom stereocenters. The molecule has 43 nitrogen and oxygen atoms in total. The molecule has 5 heterocycles. The number of nitrogens with two attached hydrogens (primary N) is 2. The third-order valence-corrected chi connectivity index (χ3v) is 9.14. The predicted octanol–water partition coefficient (Wildman–Crippen LogP) is -6.77. The maximum Gasteiger partial charge on any atom is 0.330 e. The number of ether oxygens (including phenoxy) is 4. The van der Waals surface area contributed by atoms with Crippen LogP contribution in [0.15, 0.2) is 0 Å². The molecule has 5 fully saturated rings. The lowest BCUT2D eigenvalue weighted by atomic mass is 9.96. The second-order valence-corrected chi connectivity index (χ2v) is 15.8. The number of hydrogen-bond acceptors (Lipinski definition) is 27. The number of amides is 21. The van der Waals surface area contributed by atoms with E-state index in [9.17, 15) is 101 Å². The molecule has 15 N–H and O–H groups in total. The van der Waals surface area contributed by atoms with E-state index in [1.54, 1.807) is 0 Å². The first kappa shape index (κ1) is 82.6. The molecule has 0 aromatic carbocycles. The number of nitrogens with one attached hydrogen (secondary N) is 7. The third kappa shape index (κ3) is 33.2. The zero-order chi connectivity index (χ0) is 68.9. The van der Waals surface area contributed by atoms with Crippen molar-refractivity contribution in [3.63, 3.8) is 0 Å². The van der Waals surface area contributed by atoms with Gasteiger partial charge in [0.25, 0.3) is 18.4 Å². The fourth-order valence-corrected chi connectivity index (χ4v) is 5.10. The van der Waals surface area contributed by atoms with Gasteiger partial charge in [0.15, 0.2) is 5.92 Å². The average Bonchev–Trinajstić information content (AvgIpc) is 2.32. The van der Waals surface area contributed by atoms with Gasteiger partial charge in [-0.2, -0.15) is 0 Å². The monoisotopic (exact) mass is 1260 g/mol. The highest BCUT2D eigenvalue weighted by atomic mass is 16.8. The summed E-state index contributed by atoms with van der Waals surface area (Å²) < 4.78 is 19.2. The zero-order valence-corrected chi connectivity index (χ0v) is 47.9. The van der Waals surface area contributed by atoms with Crippen molar-refractivity contribution in [1.82, 2.24) is 56.8 Å². The van der Waals surface area contributed by atoms with Gasteiger partial charge in [-0.15, -0.1) is 0 Å². The second-order valence-electron chi connectivity index (χ2n) is 15.8. The minimum Gasteiger partial charge on any atom is -0.481 e. The summed E-state index contributed by atoms with van der Waals surface area (Å²) in [7, 11) is 6.30. The third-order valence-electron chi connectivity index (χ3n) is 9.14. The number of imide groups is 9. The van der Waals surface area contributed by atoms with Gasteiger partial charge in [0, 0.05) is 75.8 Å². The molecule has 21 amide bonds. The topological polar surface area (TPSA) is 643 Å². The standard InChI is InChI=1S/C8H8N4O5.C7H9N3O5.C7H16O3.C6H6N2O4.C5H6N2O3.C4H6O3.C3H4O4.C2H6N2O.C2H4O2/c1-12-6(15)2(4(13)11-8(12)17)3-5(14)10-7(16)9-3;1-10-5(12)2(3(8)6(13)14)4(11)9-7(10)15;1-4-8-7(9-5-2)10-6-3;1-8-5(11)3(2-9)4(10)7-6(8)12;1-7-4(9)2-3(8)6-5(7)10;1-3(5)7-4(2)6;4-2(5)1-3(6)7;1-4-2(3)5;1-2(3)4/h2-3H,1H3,(H,11,13,17)(H2,9,10,14,16);2-3H,8H2,1H3,(H,13,14)(H,9,11,15);7H,4-6H2,1-3H3;2-3H,1H3,(H,7,10,12);2H2,1H3,(H,6,8,10);1-2H3;1H2,(H,4,5)(H,6,7);1H3,(H3,3,4,5);1H3,(H,3,4). The van der Waals surface area contributed by atoms with E-state index in [0.717, 1.165) is 18.9 Å². The molecule has 0 saturated carbocycles. The van der Waals surface area contributed by atoms with E-state index in [1.165, 1.54) is 42.0 Å². The predicted molar refractivity (Wildman–Crippen MR) is 275 cm³/mol. The van der Waals surface area contributed by atoms with Crippen molar-refractivity contribution in [3.05, 3.63) is 0 Å². The number of carboxylic acid groups (broad SMARTS) is 4. The summed E-state index contributed by atoms with van der Waals surface area (Å²) in [5, 5.41) is 45.2. The first-order valence-corrected chi connectivity index (χ1v) is 23.7.